The van der Waals surface area contributed by atoms with Crippen LogP contribution in [0.5, 0.6) is 0 Å². The third-order valence-corrected chi connectivity index (χ3v) is 6.45. The summed E-state index contributed by atoms with van der Waals surface area (Å²) in [6, 6.07) is 18.4. The number of benzene rings is 2. The first-order valence-electron chi connectivity index (χ1n) is 11.1. The maximum absolute atomic E-state index is 13.3. The minimum atomic E-state index is -0.322. The molecular formula is C27H22N4O3. The van der Waals surface area contributed by atoms with Crippen molar-refractivity contribution in [2.75, 3.05) is 0 Å². The Balaban J connectivity index is 1.39. The standard InChI is InChI=1S/C27H22N4O3/c1-17-9-10-19(13-18(17)2)31-26(29-11-5-6-12-29)21-15-30(16-22(21)28-31)27(33)25-14-23(32)20-7-3-4-8-24(20)34-25/h3-14H,15-16H2,1-2H3. The van der Waals surface area contributed by atoms with Gasteiger partial charge in [0.15, 0.2) is 11.2 Å². The van der Waals surface area contributed by atoms with Crippen LogP contribution in [-0.4, -0.2) is 25.2 Å². The lowest BCUT2D eigenvalue weighted by molar-refractivity contribution is 0.0717. The zero-order valence-electron chi connectivity index (χ0n) is 18.9. The number of hydrogen-bond acceptors (Lipinski definition) is 4. The van der Waals surface area contributed by atoms with Gasteiger partial charge in [0.25, 0.3) is 5.91 Å². The first-order valence-corrected chi connectivity index (χ1v) is 11.1. The van der Waals surface area contributed by atoms with Crippen LogP contribution in [0.3, 0.4) is 0 Å². The van der Waals surface area contributed by atoms with Gasteiger partial charge in [0, 0.05) is 24.0 Å². The quantitative estimate of drug-likeness (QED) is 0.405. The van der Waals surface area contributed by atoms with Crippen LogP contribution in [0, 0.1) is 13.8 Å². The molecule has 7 heteroatoms. The Morgan fingerprint density at radius 1 is 0.941 bits per heavy atom. The van der Waals surface area contributed by atoms with Crippen molar-refractivity contribution in [3.63, 3.8) is 0 Å². The minimum absolute atomic E-state index is 0.0402. The van der Waals surface area contributed by atoms with Crippen LogP contribution in [-0.2, 0) is 13.1 Å². The molecule has 0 spiro atoms. The van der Waals surface area contributed by atoms with Crippen molar-refractivity contribution in [1.29, 1.82) is 0 Å². The van der Waals surface area contributed by atoms with Gasteiger partial charge in [-0.25, -0.2) is 4.68 Å². The van der Waals surface area contributed by atoms with Crippen LogP contribution in [0.1, 0.15) is 32.9 Å². The van der Waals surface area contributed by atoms with Crippen LogP contribution >= 0.6 is 0 Å². The Morgan fingerprint density at radius 3 is 2.53 bits per heavy atom. The van der Waals surface area contributed by atoms with Gasteiger partial charge in [-0.05, 0) is 61.4 Å². The maximum Gasteiger partial charge on any atom is 0.290 e. The van der Waals surface area contributed by atoms with Gasteiger partial charge in [0.1, 0.15) is 11.4 Å². The number of para-hydroxylation sites is 1. The smallest absolute Gasteiger partial charge is 0.290 e. The lowest BCUT2D eigenvalue weighted by atomic mass is 10.1. The predicted octanol–water partition coefficient (Wildman–Crippen LogP) is 4.54. The van der Waals surface area contributed by atoms with Crippen LogP contribution in [0.15, 0.2) is 82.3 Å². The Morgan fingerprint density at radius 2 is 1.74 bits per heavy atom. The highest BCUT2D eigenvalue weighted by atomic mass is 16.3. The molecule has 0 N–H and O–H groups in total. The zero-order chi connectivity index (χ0) is 23.4. The number of nitrogens with zero attached hydrogens (tertiary/aromatic N) is 4. The van der Waals surface area contributed by atoms with Crippen LogP contribution in [0.2, 0.25) is 0 Å². The van der Waals surface area contributed by atoms with E-state index in [-0.39, 0.29) is 17.1 Å². The zero-order valence-corrected chi connectivity index (χ0v) is 18.9. The van der Waals surface area contributed by atoms with E-state index in [1.165, 1.54) is 17.2 Å². The summed E-state index contributed by atoms with van der Waals surface area (Å²) < 4.78 is 9.75. The van der Waals surface area contributed by atoms with E-state index in [2.05, 4.69) is 32.0 Å². The molecule has 0 saturated carbocycles. The fourth-order valence-electron chi connectivity index (χ4n) is 4.49. The van der Waals surface area contributed by atoms with E-state index in [4.69, 9.17) is 9.52 Å². The lowest BCUT2D eigenvalue weighted by Crippen LogP contribution is -2.27. The van der Waals surface area contributed by atoms with E-state index in [1.807, 2.05) is 33.8 Å². The molecule has 0 saturated heterocycles. The summed E-state index contributed by atoms with van der Waals surface area (Å²) in [6.45, 7) is 4.90. The third-order valence-electron chi connectivity index (χ3n) is 6.45. The van der Waals surface area contributed by atoms with E-state index in [0.717, 1.165) is 22.8 Å². The molecule has 0 unspecified atom stereocenters. The van der Waals surface area contributed by atoms with Gasteiger partial charge in [0.05, 0.1) is 29.9 Å². The maximum atomic E-state index is 13.3. The molecule has 7 nitrogen and oxygen atoms in total. The summed E-state index contributed by atoms with van der Waals surface area (Å²) in [5.41, 5.74) is 5.37. The second-order valence-electron chi connectivity index (χ2n) is 8.65. The van der Waals surface area contributed by atoms with Gasteiger partial charge in [-0.3, -0.25) is 9.59 Å². The van der Waals surface area contributed by atoms with Crippen molar-refractivity contribution < 1.29 is 9.21 Å². The molecule has 0 bridgehead atoms. The van der Waals surface area contributed by atoms with E-state index >= 15 is 0 Å². The van der Waals surface area contributed by atoms with Crippen molar-refractivity contribution in [3.05, 3.63) is 111 Å². The van der Waals surface area contributed by atoms with Gasteiger partial charge in [-0.1, -0.05) is 18.2 Å². The molecule has 0 aliphatic carbocycles. The molecule has 5 aromatic rings. The SMILES string of the molecule is Cc1ccc(-n2nc3c(c2-n2cccc2)CN(C(=O)c2cc(=O)c4ccccc4o2)C3)cc1C. The molecule has 1 aliphatic rings. The van der Waals surface area contributed by atoms with Crippen LogP contribution < -0.4 is 5.43 Å². The molecule has 1 aliphatic heterocycles. The van der Waals surface area contributed by atoms with Crippen molar-refractivity contribution >= 4 is 16.9 Å². The summed E-state index contributed by atoms with van der Waals surface area (Å²) in [7, 11) is 0. The van der Waals surface area contributed by atoms with Crippen molar-refractivity contribution in [1.82, 2.24) is 19.2 Å². The summed E-state index contributed by atoms with van der Waals surface area (Å²) in [4.78, 5) is 27.5. The first-order chi connectivity index (χ1) is 16.5. The second-order valence-corrected chi connectivity index (χ2v) is 8.65. The summed E-state index contributed by atoms with van der Waals surface area (Å²) >= 11 is 0. The molecule has 0 fully saturated rings. The largest absolute Gasteiger partial charge is 0.451 e. The fourth-order valence-corrected chi connectivity index (χ4v) is 4.49. The van der Waals surface area contributed by atoms with Crippen molar-refractivity contribution in [3.8, 4) is 11.5 Å². The van der Waals surface area contributed by atoms with Crippen LogP contribution in [0.25, 0.3) is 22.5 Å². The number of rotatable bonds is 3. The minimum Gasteiger partial charge on any atom is -0.451 e. The molecule has 168 valence electrons. The number of aromatic nitrogens is 3. The molecule has 34 heavy (non-hydrogen) atoms. The van der Waals surface area contributed by atoms with Gasteiger partial charge in [0.2, 0.25) is 0 Å². The van der Waals surface area contributed by atoms with E-state index in [0.29, 0.717) is 24.1 Å². The normalized spacial score (nSPS) is 12.9. The van der Waals surface area contributed by atoms with Crippen molar-refractivity contribution in [2.24, 2.45) is 0 Å². The Labute approximate surface area is 195 Å². The highest BCUT2D eigenvalue weighted by Gasteiger charge is 2.33. The molecule has 2 aromatic carbocycles. The Hall–Kier alpha value is -4.39. The monoisotopic (exact) mass is 450 g/mol. The second kappa shape index (κ2) is 7.59. The molecule has 0 radical (unpaired) electrons. The van der Waals surface area contributed by atoms with Gasteiger partial charge < -0.3 is 13.9 Å². The summed E-state index contributed by atoms with van der Waals surface area (Å²) in [6.07, 6.45) is 3.95. The molecule has 1 amide bonds. The van der Waals surface area contributed by atoms with E-state index < -0.39 is 0 Å². The number of carbonyl (C=O) groups excluding carboxylic acids is 1. The number of hydrogen-bond donors (Lipinski definition) is 0. The summed E-state index contributed by atoms with van der Waals surface area (Å²) in [5, 5.41) is 5.35. The first kappa shape index (κ1) is 20.2. The predicted molar refractivity (Wildman–Crippen MR) is 128 cm³/mol. The molecule has 4 heterocycles. The number of fused-ring (bicyclic) bond motifs is 2. The lowest BCUT2D eigenvalue weighted by Gasteiger charge is -2.17. The van der Waals surface area contributed by atoms with E-state index in [1.54, 1.807) is 29.2 Å². The third kappa shape index (κ3) is 3.16. The molecule has 6 rings (SSSR count). The van der Waals surface area contributed by atoms with Gasteiger partial charge >= 0.3 is 0 Å². The van der Waals surface area contributed by atoms with Crippen LogP contribution in [0.4, 0.5) is 0 Å². The van der Waals surface area contributed by atoms with Crippen molar-refractivity contribution in [2.45, 2.75) is 26.9 Å². The summed E-state index contributed by atoms with van der Waals surface area (Å²) in [5.74, 6) is 0.619. The Kier molecular flexibility index (Phi) is 4.52. The molecular weight excluding hydrogens is 428 g/mol. The average molecular weight is 450 g/mol. The average Bonchev–Trinajstić information content (AvgIpc) is 3.56. The molecule has 0 atom stereocenters. The number of aryl methyl sites for hydroxylation is 2. The molecule has 3 aromatic heterocycles. The topological polar surface area (TPSA) is 73.3 Å². The van der Waals surface area contributed by atoms with Gasteiger partial charge in [-0.15, -0.1) is 0 Å². The highest BCUT2D eigenvalue weighted by molar-refractivity contribution is 5.93. The van der Waals surface area contributed by atoms with E-state index in [9.17, 15) is 9.59 Å². The number of amides is 1. The Bertz CT molecular complexity index is 1630. The highest BCUT2D eigenvalue weighted by Crippen LogP contribution is 2.32. The number of carbonyl (C=O) groups is 1. The van der Waals surface area contributed by atoms with Gasteiger partial charge in [-0.2, -0.15) is 5.10 Å². The fraction of sp³-hybridized carbons (Fsp3) is 0.148.